The fourth-order valence-corrected chi connectivity index (χ4v) is 3.37. The molecule has 146 valence electrons. The number of nitrogens with zero attached hydrogens (tertiary/aromatic N) is 2. The molecule has 0 aliphatic carbocycles. The van der Waals surface area contributed by atoms with Gasteiger partial charge in [0.25, 0.3) is 5.91 Å². The molecular weight excluding hydrogens is 372 g/mol. The number of benzene rings is 3. The molecule has 0 fully saturated rings. The zero-order chi connectivity index (χ0) is 21.1. The highest BCUT2D eigenvalue weighted by Crippen LogP contribution is 2.33. The maximum atomic E-state index is 13.0. The van der Waals surface area contributed by atoms with Crippen molar-refractivity contribution in [3.05, 3.63) is 94.7 Å². The highest BCUT2D eigenvalue weighted by Gasteiger charge is 2.19. The number of amides is 1. The van der Waals surface area contributed by atoms with E-state index in [9.17, 15) is 4.79 Å². The first-order valence-corrected chi connectivity index (χ1v) is 9.58. The number of H-pyrrole nitrogens is 1. The molecule has 0 aliphatic heterocycles. The van der Waals surface area contributed by atoms with E-state index in [2.05, 4.69) is 47.6 Å². The molecule has 1 amide bonds. The van der Waals surface area contributed by atoms with Crippen LogP contribution in [0.25, 0.3) is 22.0 Å². The predicted molar refractivity (Wildman–Crippen MR) is 119 cm³/mol. The van der Waals surface area contributed by atoms with Crippen LogP contribution in [0.2, 0.25) is 0 Å². The minimum absolute atomic E-state index is 0.315. The Balaban J connectivity index is 1.67. The fourth-order valence-electron chi connectivity index (χ4n) is 3.37. The first kappa shape index (κ1) is 19.2. The third kappa shape index (κ3) is 3.71. The minimum Gasteiger partial charge on any atom is -0.350 e. The highest BCUT2D eigenvalue weighted by atomic mass is 16.2. The monoisotopic (exact) mass is 392 g/mol. The molecule has 1 heterocycles. The lowest BCUT2D eigenvalue weighted by Crippen LogP contribution is -2.18. The Morgan fingerprint density at radius 3 is 2.53 bits per heavy atom. The van der Waals surface area contributed by atoms with Gasteiger partial charge >= 0.3 is 0 Å². The smallest absolute Gasteiger partial charge is 0.288 e. The van der Waals surface area contributed by atoms with Crippen molar-refractivity contribution in [1.29, 1.82) is 5.26 Å². The summed E-state index contributed by atoms with van der Waals surface area (Å²) in [5.74, 6) is -0.315. The average molecular weight is 392 g/mol. The average Bonchev–Trinajstić information content (AvgIpc) is 3.16. The van der Waals surface area contributed by atoms with Crippen molar-refractivity contribution in [2.45, 2.75) is 13.8 Å². The maximum Gasteiger partial charge on any atom is 0.288 e. The van der Waals surface area contributed by atoms with Crippen LogP contribution in [0.3, 0.4) is 0 Å². The van der Waals surface area contributed by atoms with Crippen LogP contribution < -0.4 is 5.43 Å². The number of nitriles is 1. The topological polar surface area (TPSA) is 81.0 Å². The van der Waals surface area contributed by atoms with Crippen LogP contribution in [-0.2, 0) is 0 Å². The van der Waals surface area contributed by atoms with Crippen molar-refractivity contribution in [1.82, 2.24) is 10.4 Å². The lowest BCUT2D eigenvalue weighted by Gasteiger charge is -2.07. The number of rotatable bonds is 4. The van der Waals surface area contributed by atoms with E-state index < -0.39 is 0 Å². The molecule has 4 rings (SSSR count). The van der Waals surface area contributed by atoms with Crippen LogP contribution in [0.1, 0.15) is 32.7 Å². The second-order valence-electron chi connectivity index (χ2n) is 7.15. The summed E-state index contributed by atoms with van der Waals surface area (Å²) in [6, 6.07) is 23.1. The molecule has 0 atom stereocenters. The highest BCUT2D eigenvalue weighted by molar-refractivity contribution is 6.09. The molecule has 0 bridgehead atoms. The number of hydrazone groups is 1. The number of nitrogens with one attached hydrogen (secondary N) is 2. The lowest BCUT2D eigenvalue weighted by atomic mass is 9.98. The Morgan fingerprint density at radius 1 is 1.03 bits per heavy atom. The van der Waals surface area contributed by atoms with Gasteiger partial charge in [-0.05, 0) is 54.3 Å². The van der Waals surface area contributed by atoms with Gasteiger partial charge in [0.05, 0.1) is 17.8 Å². The Bertz CT molecular complexity index is 1310. The maximum absolute atomic E-state index is 13.0. The molecule has 5 heteroatoms. The molecule has 0 unspecified atom stereocenters. The number of hydrogen-bond donors (Lipinski definition) is 2. The van der Waals surface area contributed by atoms with Crippen molar-refractivity contribution in [2.24, 2.45) is 5.10 Å². The molecule has 1 aromatic heterocycles. The van der Waals surface area contributed by atoms with Crippen LogP contribution in [0, 0.1) is 25.2 Å². The second kappa shape index (κ2) is 8.06. The van der Waals surface area contributed by atoms with E-state index in [0.29, 0.717) is 11.3 Å². The van der Waals surface area contributed by atoms with Crippen molar-refractivity contribution >= 4 is 23.0 Å². The molecule has 0 radical (unpaired) electrons. The Hall–Kier alpha value is -4.17. The first-order valence-electron chi connectivity index (χ1n) is 9.58. The van der Waals surface area contributed by atoms with E-state index in [4.69, 9.17) is 5.26 Å². The summed E-state index contributed by atoms with van der Waals surface area (Å²) in [6.45, 7) is 4.13. The summed E-state index contributed by atoms with van der Waals surface area (Å²) in [4.78, 5) is 16.2. The van der Waals surface area contributed by atoms with Crippen LogP contribution >= 0.6 is 0 Å². The van der Waals surface area contributed by atoms with E-state index in [0.717, 1.165) is 27.6 Å². The predicted octanol–water partition coefficient (Wildman–Crippen LogP) is 5.09. The normalized spacial score (nSPS) is 11.0. The van der Waals surface area contributed by atoms with Crippen molar-refractivity contribution in [3.63, 3.8) is 0 Å². The molecule has 2 N–H and O–H groups in total. The summed E-state index contributed by atoms with van der Waals surface area (Å²) in [7, 11) is 0. The van der Waals surface area contributed by atoms with Crippen LogP contribution in [0.15, 0.2) is 71.8 Å². The zero-order valence-electron chi connectivity index (χ0n) is 16.7. The van der Waals surface area contributed by atoms with E-state index in [1.807, 2.05) is 30.3 Å². The third-order valence-electron chi connectivity index (χ3n) is 5.15. The largest absolute Gasteiger partial charge is 0.350 e. The molecular formula is C25H20N4O. The van der Waals surface area contributed by atoms with Gasteiger partial charge in [0.2, 0.25) is 0 Å². The minimum atomic E-state index is -0.315. The van der Waals surface area contributed by atoms with E-state index in [1.165, 1.54) is 11.1 Å². The van der Waals surface area contributed by atoms with Gasteiger partial charge in [0.15, 0.2) is 0 Å². The van der Waals surface area contributed by atoms with E-state index >= 15 is 0 Å². The van der Waals surface area contributed by atoms with Gasteiger partial charge in [0, 0.05) is 16.5 Å². The summed E-state index contributed by atoms with van der Waals surface area (Å²) in [5, 5.41) is 13.9. The summed E-state index contributed by atoms with van der Waals surface area (Å²) < 4.78 is 0. The molecule has 0 saturated carbocycles. The molecule has 4 aromatic rings. The number of carbonyl (C=O) groups is 1. The SMILES string of the molecule is Cc1ccc(-c2c(C(=O)N/N=C/c3ccc(C#N)cc3)[nH]c3ccccc23)cc1C. The number of hydrogen-bond acceptors (Lipinski definition) is 3. The van der Waals surface area contributed by atoms with Gasteiger partial charge in [-0.3, -0.25) is 4.79 Å². The van der Waals surface area contributed by atoms with E-state index in [-0.39, 0.29) is 5.91 Å². The first-order chi connectivity index (χ1) is 14.6. The molecule has 0 aliphatic rings. The number of aromatic nitrogens is 1. The summed E-state index contributed by atoms with van der Waals surface area (Å²) in [6.07, 6.45) is 1.55. The van der Waals surface area contributed by atoms with E-state index in [1.54, 1.807) is 30.5 Å². The molecule has 3 aromatic carbocycles. The number of aryl methyl sites for hydroxylation is 2. The second-order valence-corrected chi connectivity index (χ2v) is 7.15. The van der Waals surface area contributed by atoms with Gasteiger partial charge < -0.3 is 4.98 Å². The zero-order valence-corrected chi connectivity index (χ0v) is 16.7. The van der Waals surface area contributed by atoms with Crippen LogP contribution in [0.4, 0.5) is 0 Å². The Kier molecular flexibility index (Phi) is 5.15. The van der Waals surface area contributed by atoms with Gasteiger partial charge in [-0.2, -0.15) is 10.4 Å². The molecule has 0 saturated heterocycles. The van der Waals surface area contributed by atoms with Gasteiger partial charge in [-0.15, -0.1) is 0 Å². The van der Waals surface area contributed by atoms with Gasteiger partial charge in [-0.25, -0.2) is 5.43 Å². The van der Waals surface area contributed by atoms with Crippen molar-refractivity contribution < 1.29 is 4.79 Å². The third-order valence-corrected chi connectivity index (χ3v) is 5.15. The standard InChI is InChI=1S/C25H20N4O/c1-16-7-12-20(13-17(16)2)23-21-5-3-4-6-22(21)28-24(23)25(30)29-27-15-19-10-8-18(14-26)9-11-19/h3-13,15,28H,1-2H3,(H,29,30)/b27-15+. The number of para-hydroxylation sites is 1. The van der Waals surface area contributed by atoms with Gasteiger partial charge in [0.1, 0.15) is 5.69 Å². The van der Waals surface area contributed by atoms with Crippen molar-refractivity contribution in [2.75, 3.05) is 0 Å². The molecule has 5 nitrogen and oxygen atoms in total. The molecule has 0 spiro atoms. The summed E-state index contributed by atoms with van der Waals surface area (Å²) >= 11 is 0. The fraction of sp³-hybridized carbons (Fsp3) is 0.0800. The lowest BCUT2D eigenvalue weighted by molar-refractivity contribution is 0.0951. The quantitative estimate of drug-likeness (QED) is 0.375. The Morgan fingerprint density at radius 2 is 1.80 bits per heavy atom. The van der Waals surface area contributed by atoms with Crippen LogP contribution in [-0.4, -0.2) is 17.1 Å². The number of fused-ring (bicyclic) bond motifs is 1. The van der Waals surface area contributed by atoms with Crippen LogP contribution in [0.5, 0.6) is 0 Å². The summed E-state index contributed by atoms with van der Waals surface area (Å²) in [5.41, 5.74) is 9.56. The Labute approximate surface area is 174 Å². The number of aromatic amines is 1. The molecule has 30 heavy (non-hydrogen) atoms. The van der Waals surface area contributed by atoms with Crippen molar-refractivity contribution in [3.8, 4) is 17.2 Å². The van der Waals surface area contributed by atoms with Gasteiger partial charge in [-0.1, -0.05) is 48.5 Å². The number of carbonyl (C=O) groups excluding carboxylic acids is 1.